The number of hydrogen-bond acceptors (Lipinski definition) is 4. The molecule has 0 spiro atoms. The van der Waals surface area contributed by atoms with Crippen molar-refractivity contribution in [2.45, 2.75) is 19.3 Å². The molecule has 0 unspecified atom stereocenters. The molecule has 1 aromatic carbocycles. The number of benzene rings is 1. The lowest BCUT2D eigenvalue weighted by Gasteiger charge is -2.19. The van der Waals surface area contributed by atoms with E-state index in [4.69, 9.17) is 14.7 Å². The van der Waals surface area contributed by atoms with E-state index in [2.05, 4.69) is 24.1 Å². The van der Waals surface area contributed by atoms with Crippen LogP contribution in [0.1, 0.15) is 18.4 Å². The topological polar surface area (TPSA) is 45.5 Å². The Labute approximate surface area is 113 Å². The van der Waals surface area contributed by atoms with Crippen molar-refractivity contribution in [1.29, 1.82) is 5.26 Å². The first-order valence-corrected chi connectivity index (χ1v) is 6.69. The smallest absolute Gasteiger partial charge is 0.231 e. The summed E-state index contributed by atoms with van der Waals surface area (Å²) in [6, 6.07) is 8.54. The second-order valence-electron chi connectivity index (χ2n) is 5.57. The van der Waals surface area contributed by atoms with E-state index in [1.54, 1.807) is 0 Å². The first kappa shape index (κ1) is 12.3. The summed E-state index contributed by atoms with van der Waals surface area (Å²) in [6.45, 7) is 2.17. The van der Waals surface area contributed by atoms with E-state index >= 15 is 0 Å². The maximum atomic E-state index is 9.09. The fourth-order valence-electron chi connectivity index (χ4n) is 2.47. The van der Waals surface area contributed by atoms with Gasteiger partial charge < -0.3 is 14.4 Å². The van der Waals surface area contributed by atoms with Crippen molar-refractivity contribution in [2.75, 3.05) is 26.9 Å². The SMILES string of the molecule is CN(CCc1ccc2c(c1)OCO2)CC1(C#N)CC1. The summed E-state index contributed by atoms with van der Waals surface area (Å²) < 4.78 is 10.7. The molecule has 0 radical (unpaired) electrons. The minimum atomic E-state index is -0.0519. The summed E-state index contributed by atoms with van der Waals surface area (Å²) in [6.07, 6.45) is 3.07. The fraction of sp³-hybridized carbons (Fsp3) is 0.533. The number of nitrogens with zero attached hydrogens (tertiary/aromatic N) is 2. The predicted molar refractivity (Wildman–Crippen MR) is 71.0 cm³/mol. The van der Waals surface area contributed by atoms with Crippen molar-refractivity contribution < 1.29 is 9.47 Å². The first-order chi connectivity index (χ1) is 9.21. The molecule has 0 aromatic heterocycles. The number of nitriles is 1. The molecule has 4 nitrogen and oxygen atoms in total. The average Bonchev–Trinajstić information content (AvgIpc) is 3.03. The molecular formula is C15H18N2O2. The van der Waals surface area contributed by atoms with Gasteiger partial charge in [0.25, 0.3) is 0 Å². The minimum Gasteiger partial charge on any atom is -0.454 e. The van der Waals surface area contributed by atoms with Gasteiger partial charge in [0.2, 0.25) is 6.79 Å². The van der Waals surface area contributed by atoms with Crippen molar-refractivity contribution in [3.8, 4) is 17.6 Å². The molecule has 2 aliphatic rings. The van der Waals surface area contributed by atoms with E-state index in [9.17, 15) is 0 Å². The van der Waals surface area contributed by atoms with Crippen LogP contribution in [0.3, 0.4) is 0 Å². The zero-order valence-corrected chi connectivity index (χ0v) is 11.2. The van der Waals surface area contributed by atoms with E-state index in [1.807, 2.05) is 12.1 Å². The quantitative estimate of drug-likeness (QED) is 0.812. The summed E-state index contributed by atoms with van der Waals surface area (Å²) in [4.78, 5) is 2.25. The van der Waals surface area contributed by atoms with Gasteiger partial charge in [-0.25, -0.2) is 0 Å². The predicted octanol–water partition coefficient (Wildman–Crippen LogP) is 2.19. The van der Waals surface area contributed by atoms with E-state index in [0.29, 0.717) is 6.79 Å². The largest absolute Gasteiger partial charge is 0.454 e. The van der Waals surface area contributed by atoms with Gasteiger partial charge in [0.05, 0.1) is 11.5 Å². The lowest BCUT2D eigenvalue weighted by Crippen LogP contribution is -2.28. The second-order valence-corrected chi connectivity index (χ2v) is 5.57. The molecule has 1 saturated carbocycles. The van der Waals surface area contributed by atoms with Gasteiger partial charge in [-0.15, -0.1) is 0 Å². The zero-order chi connectivity index (χ0) is 13.3. The molecule has 1 fully saturated rings. The van der Waals surface area contributed by atoms with Crippen LogP contribution in [0.4, 0.5) is 0 Å². The van der Waals surface area contributed by atoms with Gasteiger partial charge >= 0.3 is 0 Å². The third kappa shape index (κ3) is 2.66. The highest BCUT2D eigenvalue weighted by atomic mass is 16.7. The standard InChI is InChI=1S/C15H18N2O2/c1-17(10-15(9-16)5-6-15)7-4-12-2-3-13-14(8-12)19-11-18-13/h2-3,8H,4-7,10-11H2,1H3. The normalized spacial score (nSPS) is 18.4. The Morgan fingerprint density at radius 2 is 2.11 bits per heavy atom. The average molecular weight is 258 g/mol. The summed E-state index contributed by atoms with van der Waals surface area (Å²) in [5, 5.41) is 9.09. The van der Waals surface area contributed by atoms with Gasteiger partial charge in [0.1, 0.15) is 0 Å². The van der Waals surface area contributed by atoms with Crippen LogP contribution in [-0.2, 0) is 6.42 Å². The van der Waals surface area contributed by atoms with E-state index < -0.39 is 0 Å². The maximum Gasteiger partial charge on any atom is 0.231 e. The van der Waals surface area contributed by atoms with Crippen LogP contribution in [0, 0.1) is 16.7 Å². The molecule has 19 heavy (non-hydrogen) atoms. The molecule has 0 bridgehead atoms. The molecule has 0 amide bonds. The van der Waals surface area contributed by atoms with Crippen LogP contribution >= 0.6 is 0 Å². The summed E-state index contributed by atoms with van der Waals surface area (Å²) in [5.41, 5.74) is 1.20. The molecule has 1 aliphatic heterocycles. The Morgan fingerprint density at radius 3 is 2.84 bits per heavy atom. The highest BCUT2D eigenvalue weighted by Crippen LogP contribution is 2.45. The van der Waals surface area contributed by atoms with Gasteiger partial charge in [-0.2, -0.15) is 5.26 Å². The number of rotatable bonds is 5. The lowest BCUT2D eigenvalue weighted by atomic mass is 10.1. The van der Waals surface area contributed by atoms with E-state index in [1.165, 1.54) is 5.56 Å². The molecule has 0 atom stereocenters. The Kier molecular flexibility index (Phi) is 3.08. The van der Waals surface area contributed by atoms with Gasteiger partial charge in [-0.05, 0) is 44.0 Å². The fourth-order valence-corrected chi connectivity index (χ4v) is 2.47. The molecule has 1 aromatic rings. The number of likely N-dealkylation sites (N-methyl/N-ethyl adjacent to an activating group) is 1. The molecule has 3 rings (SSSR count). The number of ether oxygens (including phenoxy) is 2. The molecule has 4 heteroatoms. The number of hydrogen-bond donors (Lipinski definition) is 0. The Balaban J connectivity index is 1.53. The maximum absolute atomic E-state index is 9.09. The monoisotopic (exact) mass is 258 g/mol. The van der Waals surface area contributed by atoms with E-state index in [0.717, 1.165) is 43.9 Å². The number of fused-ring (bicyclic) bond motifs is 1. The van der Waals surface area contributed by atoms with Gasteiger partial charge in [-0.3, -0.25) is 0 Å². The summed E-state index contributed by atoms with van der Waals surface area (Å²) in [5.74, 6) is 1.68. The highest BCUT2D eigenvalue weighted by Gasteiger charge is 2.43. The van der Waals surface area contributed by atoms with Gasteiger partial charge in [0, 0.05) is 13.1 Å². The molecule has 0 N–H and O–H groups in total. The molecule has 100 valence electrons. The lowest BCUT2D eigenvalue weighted by molar-refractivity contribution is 0.174. The van der Waals surface area contributed by atoms with Gasteiger partial charge in [-0.1, -0.05) is 6.07 Å². The van der Waals surface area contributed by atoms with Crippen molar-refractivity contribution in [1.82, 2.24) is 4.90 Å². The van der Waals surface area contributed by atoms with Crippen LogP contribution in [0.15, 0.2) is 18.2 Å². The van der Waals surface area contributed by atoms with Crippen molar-refractivity contribution >= 4 is 0 Å². The molecule has 1 heterocycles. The summed E-state index contributed by atoms with van der Waals surface area (Å²) in [7, 11) is 2.09. The Morgan fingerprint density at radius 1 is 1.32 bits per heavy atom. The molecular weight excluding hydrogens is 240 g/mol. The van der Waals surface area contributed by atoms with Crippen LogP contribution in [-0.4, -0.2) is 31.8 Å². The zero-order valence-electron chi connectivity index (χ0n) is 11.2. The van der Waals surface area contributed by atoms with Crippen LogP contribution in [0.5, 0.6) is 11.5 Å². The molecule has 1 aliphatic carbocycles. The van der Waals surface area contributed by atoms with Crippen LogP contribution in [0.25, 0.3) is 0 Å². The van der Waals surface area contributed by atoms with E-state index in [-0.39, 0.29) is 5.41 Å². The van der Waals surface area contributed by atoms with Crippen molar-refractivity contribution in [3.05, 3.63) is 23.8 Å². The first-order valence-electron chi connectivity index (χ1n) is 6.69. The molecule has 0 saturated heterocycles. The Bertz CT molecular complexity index is 517. The van der Waals surface area contributed by atoms with Crippen LogP contribution in [0.2, 0.25) is 0 Å². The van der Waals surface area contributed by atoms with Crippen molar-refractivity contribution in [3.63, 3.8) is 0 Å². The Hall–Kier alpha value is -1.73. The minimum absolute atomic E-state index is 0.0519. The second kappa shape index (κ2) is 4.75. The summed E-state index contributed by atoms with van der Waals surface area (Å²) >= 11 is 0. The van der Waals surface area contributed by atoms with Crippen molar-refractivity contribution in [2.24, 2.45) is 5.41 Å². The third-order valence-corrected chi connectivity index (χ3v) is 3.88. The third-order valence-electron chi connectivity index (χ3n) is 3.88. The van der Waals surface area contributed by atoms with Crippen LogP contribution < -0.4 is 9.47 Å². The highest BCUT2D eigenvalue weighted by molar-refractivity contribution is 5.44. The van der Waals surface area contributed by atoms with Gasteiger partial charge in [0.15, 0.2) is 11.5 Å².